The van der Waals surface area contributed by atoms with Crippen LogP contribution in [0.3, 0.4) is 0 Å². The summed E-state index contributed by atoms with van der Waals surface area (Å²) in [4.78, 5) is 0. The first-order chi connectivity index (χ1) is 13.0. The van der Waals surface area contributed by atoms with Gasteiger partial charge in [0.25, 0.3) is 0 Å². The Labute approximate surface area is 166 Å². The molecule has 1 saturated carbocycles. The number of hydrogen-bond acceptors (Lipinski definition) is 4. The van der Waals surface area contributed by atoms with Crippen LogP contribution in [0.5, 0.6) is 5.75 Å². The van der Waals surface area contributed by atoms with Crippen LogP contribution in [0, 0.1) is 11.8 Å². The Hall–Kier alpha value is -0.883. The average molecular weight is 395 g/mol. The summed E-state index contributed by atoms with van der Waals surface area (Å²) in [6.07, 6.45) is 7.66. The molecule has 1 aromatic carbocycles. The van der Waals surface area contributed by atoms with Gasteiger partial charge in [0.05, 0.1) is 6.61 Å². The summed E-state index contributed by atoms with van der Waals surface area (Å²) in [5.74, 6) is 3.42. The Morgan fingerprint density at radius 1 is 0.926 bits per heavy atom. The molecule has 2 rings (SSSR count). The topological polar surface area (TPSA) is 36.9 Å². The Morgan fingerprint density at radius 2 is 1.52 bits per heavy atom. The van der Waals surface area contributed by atoms with Crippen LogP contribution in [-0.2, 0) is 13.3 Å². The molecule has 0 aromatic heterocycles. The van der Waals surface area contributed by atoms with Gasteiger partial charge >= 0.3 is 8.80 Å². The van der Waals surface area contributed by atoms with Gasteiger partial charge in [-0.15, -0.1) is 0 Å². The zero-order valence-electron chi connectivity index (χ0n) is 17.8. The van der Waals surface area contributed by atoms with Crippen molar-refractivity contribution in [1.82, 2.24) is 0 Å². The first kappa shape index (κ1) is 22.4. The Kier molecular flexibility index (Phi) is 9.29. The van der Waals surface area contributed by atoms with Crippen LogP contribution in [0.4, 0.5) is 0 Å². The monoisotopic (exact) mass is 394 g/mol. The van der Waals surface area contributed by atoms with Crippen LogP contribution in [0.1, 0.15) is 63.9 Å². The Balaban J connectivity index is 1.74. The maximum absolute atomic E-state index is 5.89. The molecule has 1 aromatic rings. The largest absolute Gasteiger partial charge is 0.500 e. The van der Waals surface area contributed by atoms with Crippen molar-refractivity contribution in [3.63, 3.8) is 0 Å². The minimum absolute atomic E-state index is 0.643. The second kappa shape index (κ2) is 11.2. The van der Waals surface area contributed by atoms with Gasteiger partial charge < -0.3 is 18.0 Å². The van der Waals surface area contributed by atoms with Crippen LogP contribution in [-0.4, -0.2) is 36.7 Å². The minimum atomic E-state index is -2.48. The van der Waals surface area contributed by atoms with Crippen molar-refractivity contribution in [3.05, 3.63) is 29.8 Å². The van der Waals surface area contributed by atoms with E-state index in [2.05, 4.69) is 38.1 Å². The van der Waals surface area contributed by atoms with Gasteiger partial charge in [-0.25, -0.2) is 0 Å². The van der Waals surface area contributed by atoms with Crippen molar-refractivity contribution in [2.45, 2.75) is 64.3 Å². The lowest BCUT2D eigenvalue weighted by Crippen LogP contribution is -2.42. The third kappa shape index (κ3) is 6.90. The normalized spacial score (nSPS) is 20.8. The van der Waals surface area contributed by atoms with Gasteiger partial charge in [-0.2, -0.15) is 0 Å². The van der Waals surface area contributed by atoms with E-state index in [1.165, 1.54) is 37.7 Å². The molecule has 0 atom stereocenters. The molecule has 0 saturated heterocycles. The number of hydrogen-bond donors (Lipinski definition) is 0. The second-order valence-corrected chi connectivity index (χ2v) is 11.3. The van der Waals surface area contributed by atoms with Crippen LogP contribution in [0.25, 0.3) is 0 Å². The number of ether oxygens (including phenoxy) is 1. The SMILES string of the molecule is CO[Si](CCCOc1ccc(C2CCC(CC(C)C)CC2)cc1)(OC)OC. The van der Waals surface area contributed by atoms with E-state index in [0.29, 0.717) is 6.61 Å². The fourth-order valence-electron chi connectivity index (χ4n) is 4.27. The quantitative estimate of drug-likeness (QED) is 0.359. The highest BCUT2D eigenvalue weighted by Gasteiger charge is 2.36. The van der Waals surface area contributed by atoms with Crippen molar-refractivity contribution in [1.29, 1.82) is 0 Å². The van der Waals surface area contributed by atoms with Crippen LogP contribution in [0.2, 0.25) is 6.04 Å². The molecule has 0 amide bonds. The third-order valence-corrected chi connectivity index (χ3v) is 8.66. The molecule has 4 nitrogen and oxygen atoms in total. The van der Waals surface area contributed by atoms with Crippen LogP contribution < -0.4 is 4.74 Å². The standard InChI is InChI=1S/C22H38O4Si/c1-18(2)17-19-7-9-20(10-8-19)21-11-13-22(14-12-21)26-15-6-16-27(23-3,24-4)25-5/h11-14,18-20H,6-10,15-17H2,1-5H3. The van der Waals surface area contributed by atoms with Gasteiger partial charge in [0.15, 0.2) is 0 Å². The lowest BCUT2D eigenvalue weighted by atomic mass is 9.76. The highest BCUT2D eigenvalue weighted by molar-refractivity contribution is 6.60. The molecule has 27 heavy (non-hydrogen) atoms. The summed E-state index contributed by atoms with van der Waals surface area (Å²) in [6, 6.07) is 9.49. The minimum Gasteiger partial charge on any atom is -0.494 e. The molecule has 1 aliphatic rings. The Bertz CT molecular complexity index is 511. The van der Waals surface area contributed by atoms with E-state index in [9.17, 15) is 0 Å². The highest BCUT2D eigenvalue weighted by Crippen LogP contribution is 2.38. The first-order valence-corrected chi connectivity index (χ1v) is 12.3. The molecular formula is C22H38O4Si. The van der Waals surface area contributed by atoms with E-state index in [-0.39, 0.29) is 0 Å². The molecule has 0 radical (unpaired) electrons. The summed E-state index contributed by atoms with van der Waals surface area (Å²) in [6.45, 7) is 5.32. The predicted molar refractivity (Wildman–Crippen MR) is 112 cm³/mol. The lowest BCUT2D eigenvalue weighted by Gasteiger charge is -2.29. The van der Waals surface area contributed by atoms with Crippen molar-refractivity contribution < 1.29 is 18.0 Å². The van der Waals surface area contributed by atoms with Gasteiger partial charge in [0.1, 0.15) is 5.75 Å². The molecule has 0 spiro atoms. The molecule has 0 heterocycles. The highest BCUT2D eigenvalue weighted by atomic mass is 28.4. The zero-order valence-corrected chi connectivity index (χ0v) is 18.8. The van der Waals surface area contributed by atoms with Crippen molar-refractivity contribution in [2.24, 2.45) is 11.8 Å². The van der Waals surface area contributed by atoms with Crippen molar-refractivity contribution >= 4 is 8.80 Å². The van der Waals surface area contributed by atoms with Gasteiger partial charge in [-0.3, -0.25) is 0 Å². The van der Waals surface area contributed by atoms with E-state index < -0.39 is 8.80 Å². The van der Waals surface area contributed by atoms with Gasteiger partial charge in [-0.1, -0.05) is 26.0 Å². The van der Waals surface area contributed by atoms with Crippen LogP contribution in [0.15, 0.2) is 24.3 Å². The average Bonchev–Trinajstić information content (AvgIpc) is 2.69. The smallest absolute Gasteiger partial charge is 0.494 e. The summed E-state index contributed by atoms with van der Waals surface area (Å²) in [7, 11) is 2.46. The summed E-state index contributed by atoms with van der Waals surface area (Å²) < 4.78 is 22.2. The molecule has 0 aliphatic heterocycles. The molecular weight excluding hydrogens is 356 g/mol. The van der Waals surface area contributed by atoms with Gasteiger partial charge in [-0.05, 0) is 74.0 Å². The Morgan fingerprint density at radius 3 is 2.04 bits per heavy atom. The maximum Gasteiger partial charge on any atom is 0.500 e. The molecule has 154 valence electrons. The van der Waals surface area contributed by atoms with Gasteiger partial charge in [0.2, 0.25) is 0 Å². The lowest BCUT2D eigenvalue weighted by molar-refractivity contribution is 0.121. The molecule has 1 fully saturated rings. The molecule has 5 heteroatoms. The predicted octanol–water partition coefficient (Wildman–Crippen LogP) is 5.65. The van der Waals surface area contributed by atoms with E-state index in [0.717, 1.165) is 36.0 Å². The summed E-state index contributed by atoms with van der Waals surface area (Å²) >= 11 is 0. The summed E-state index contributed by atoms with van der Waals surface area (Å²) in [5.41, 5.74) is 1.47. The van der Waals surface area contributed by atoms with Crippen LogP contribution >= 0.6 is 0 Å². The molecule has 0 unspecified atom stereocenters. The number of benzene rings is 1. The molecule has 0 N–H and O–H groups in total. The van der Waals surface area contributed by atoms with E-state index >= 15 is 0 Å². The zero-order chi connectivity index (χ0) is 19.7. The molecule has 0 bridgehead atoms. The fourth-order valence-corrected chi connectivity index (χ4v) is 5.96. The maximum atomic E-state index is 5.89. The second-order valence-electron chi connectivity index (χ2n) is 8.16. The van der Waals surface area contributed by atoms with Gasteiger partial charge in [0, 0.05) is 27.4 Å². The number of rotatable bonds is 11. The van der Waals surface area contributed by atoms with E-state index in [1.54, 1.807) is 21.3 Å². The van der Waals surface area contributed by atoms with Crippen molar-refractivity contribution in [2.75, 3.05) is 27.9 Å². The van der Waals surface area contributed by atoms with E-state index in [4.69, 9.17) is 18.0 Å². The summed E-state index contributed by atoms with van der Waals surface area (Å²) in [5, 5.41) is 0. The van der Waals surface area contributed by atoms with Crippen molar-refractivity contribution in [3.8, 4) is 5.75 Å². The fraction of sp³-hybridized carbons (Fsp3) is 0.727. The third-order valence-electron chi connectivity index (χ3n) is 5.83. The van der Waals surface area contributed by atoms with E-state index in [1.807, 2.05) is 0 Å². The first-order valence-electron chi connectivity index (χ1n) is 10.4. The molecule has 1 aliphatic carbocycles.